The fourth-order valence-corrected chi connectivity index (χ4v) is 1.41. The summed E-state index contributed by atoms with van der Waals surface area (Å²) in [7, 11) is 0. The number of unbranched alkanes of at least 4 members (excludes halogenated alkanes) is 1. The number of nitrogens with zero attached hydrogens (tertiary/aromatic N) is 2. The minimum Gasteiger partial charge on any atom is -0.335 e. The summed E-state index contributed by atoms with van der Waals surface area (Å²) in [6.45, 7) is 3.13. The van der Waals surface area contributed by atoms with Gasteiger partial charge in [-0.1, -0.05) is 15.9 Å². The lowest BCUT2D eigenvalue weighted by molar-refractivity contribution is 0.620. The number of rotatable bonds is 4. The number of hydrogen-bond acceptors (Lipinski definition) is 1. The van der Waals surface area contributed by atoms with Crippen LogP contribution in [0.4, 0.5) is 0 Å². The van der Waals surface area contributed by atoms with Crippen molar-refractivity contribution in [3.63, 3.8) is 0 Å². The van der Waals surface area contributed by atoms with Gasteiger partial charge in [0.15, 0.2) is 0 Å². The second kappa shape index (κ2) is 4.54. The first kappa shape index (κ1) is 8.78. The Hall–Kier alpha value is -0.310. The summed E-state index contributed by atoms with van der Waals surface area (Å²) in [5.41, 5.74) is 0. The molecule has 1 aromatic rings. The van der Waals surface area contributed by atoms with Gasteiger partial charge in [-0.3, -0.25) is 0 Å². The van der Waals surface area contributed by atoms with E-state index in [0.29, 0.717) is 0 Å². The lowest BCUT2D eigenvalue weighted by Crippen LogP contribution is -1.98. The standard InChI is InChI=1S/C8H13BrN2/c1-8-10-5-7-11(8)6-3-2-4-9/h5,7H,2-4,6H2,1H3. The molecule has 0 amide bonds. The molecule has 0 radical (unpaired) electrons. The average Bonchev–Trinajstić information content (AvgIpc) is 2.37. The summed E-state index contributed by atoms with van der Waals surface area (Å²) < 4.78 is 2.18. The van der Waals surface area contributed by atoms with Crippen LogP contribution in [0.25, 0.3) is 0 Å². The van der Waals surface area contributed by atoms with E-state index < -0.39 is 0 Å². The van der Waals surface area contributed by atoms with Crippen molar-refractivity contribution in [2.24, 2.45) is 0 Å². The average molecular weight is 217 g/mol. The van der Waals surface area contributed by atoms with E-state index in [2.05, 4.69) is 25.5 Å². The van der Waals surface area contributed by atoms with Crippen LogP contribution in [-0.4, -0.2) is 14.9 Å². The van der Waals surface area contributed by atoms with Crippen molar-refractivity contribution in [3.8, 4) is 0 Å². The van der Waals surface area contributed by atoms with E-state index in [0.717, 1.165) is 17.7 Å². The Bertz CT molecular complexity index is 208. The van der Waals surface area contributed by atoms with E-state index in [1.165, 1.54) is 12.8 Å². The highest BCUT2D eigenvalue weighted by molar-refractivity contribution is 9.09. The number of imidazole rings is 1. The van der Waals surface area contributed by atoms with E-state index in [4.69, 9.17) is 0 Å². The normalized spacial score (nSPS) is 10.4. The highest BCUT2D eigenvalue weighted by atomic mass is 79.9. The molecule has 0 N–H and O–H groups in total. The van der Waals surface area contributed by atoms with Crippen LogP contribution in [0.1, 0.15) is 18.7 Å². The van der Waals surface area contributed by atoms with Gasteiger partial charge in [0.2, 0.25) is 0 Å². The molecule has 0 saturated carbocycles. The van der Waals surface area contributed by atoms with Crippen LogP contribution in [0.3, 0.4) is 0 Å². The maximum Gasteiger partial charge on any atom is 0.105 e. The van der Waals surface area contributed by atoms with Crippen molar-refractivity contribution in [3.05, 3.63) is 18.2 Å². The Morgan fingerprint density at radius 2 is 2.36 bits per heavy atom. The molecular formula is C8H13BrN2. The Morgan fingerprint density at radius 3 is 2.91 bits per heavy atom. The van der Waals surface area contributed by atoms with Crippen molar-refractivity contribution in [1.82, 2.24) is 9.55 Å². The van der Waals surface area contributed by atoms with Gasteiger partial charge in [0.25, 0.3) is 0 Å². The molecule has 0 aromatic carbocycles. The van der Waals surface area contributed by atoms with Crippen LogP contribution in [0, 0.1) is 6.92 Å². The summed E-state index contributed by atoms with van der Waals surface area (Å²) in [6, 6.07) is 0. The van der Waals surface area contributed by atoms with Gasteiger partial charge < -0.3 is 4.57 Å². The third-order valence-corrected chi connectivity index (χ3v) is 2.27. The largest absolute Gasteiger partial charge is 0.335 e. The third kappa shape index (κ3) is 2.66. The molecule has 1 heterocycles. The maximum atomic E-state index is 4.15. The molecule has 2 nitrogen and oxygen atoms in total. The quantitative estimate of drug-likeness (QED) is 0.559. The number of halogens is 1. The zero-order chi connectivity index (χ0) is 8.10. The molecule has 0 fully saturated rings. The van der Waals surface area contributed by atoms with Crippen molar-refractivity contribution >= 4 is 15.9 Å². The molecule has 0 aliphatic rings. The first-order valence-electron chi connectivity index (χ1n) is 3.88. The molecule has 0 aliphatic carbocycles. The maximum absolute atomic E-state index is 4.15. The molecule has 1 rings (SSSR count). The predicted molar refractivity (Wildman–Crippen MR) is 50.0 cm³/mol. The van der Waals surface area contributed by atoms with Gasteiger partial charge >= 0.3 is 0 Å². The molecular weight excluding hydrogens is 204 g/mol. The molecule has 1 aromatic heterocycles. The highest BCUT2D eigenvalue weighted by Gasteiger charge is 1.94. The fraction of sp³-hybridized carbons (Fsp3) is 0.625. The monoisotopic (exact) mass is 216 g/mol. The molecule has 0 bridgehead atoms. The minimum atomic E-state index is 1.09. The van der Waals surface area contributed by atoms with Crippen LogP contribution in [0.15, 0.2) is 12.4 Å². The summed E-state index contributed by atoms with van der Waals surface area (Å²) in [5, 5.41) is 1.10. The van der Waals surface area contributed by atoms with Crippen molar-refractivity contribution in [2.45, 2.75) is 26.3 Å². The van der Waals surface area contributed by atoms with E-state index in [-0.39, 0.29) is 0 Å². The lowest BCUT2D eigenvalue weighted by Gasteiger charge is -2.02. The Balaban J connectivity index is 2.32. The van der Waals surface area contributed by atoms with Crippen LogP contribution in [0.2, 0.25) is 0 Å². The molecule has 0 saturated heterocycles. The Kier molecular flexibility index (Phi) is 3.63. The summed E-state index contributed by atoms with van der Waals surface area (Å²) in [6.07, 6.45) is 6.34. The molecule has 0 atom stereocenters. The van der Waals surface area contributed by atoms with E-state index >= 15 is 0 Å². The van der Waals surface area contributed by atoms with Crippen LogP contribution >= 0.6 is 15.9 Å². The molecule has 0 spiro atoms. The topological polar surface area (TPSA) is 17.8 Å². The molecule has 11 heavy (non-hydrogen) atoms. The SMILES string of the molecule is Cc1nccn1CCCCBr. The Morgan fingerprint density at radius 1 is 1.55 bits per heavy atom. The van der Waals surface area contributed by atoms with Crippen LogP contribution < -0.4 is 0 Å². The molecule has 0 aliphatic heterocycles. The second-order valence-corrected chi connectivity index (χ2v) is 3.36. The smallest absolute Gasteiger partial charge is 0.105 e. The van der Waals surface area contributed by atoms with Crippen LogP contribution in [0.5, 0.6) is 0 Å². The van der Waals surface area contributed by atoms with Crippen molar-refractivity contribution in [1.29, 1.82) is 0 Å². The van der Waals surface area contributed by atoms with Gasteiger partial charge in [0.1, 0.15) is 5.82 Å². The van der Waals surface area contributed by atoms with E-state index in [1.807, 2.05) is 19.3 Å². The van der Waals surface area contributed by atoms with Crippen LogP contribution in [-0.2, 0) is 6.54 Å². The van der Waals surface area contributed by atoms with E-state index in [1.54, 1.807) is 0 Å². The number of aromatic nitrogens is 2. The third-order valence-electron chi connectivity index (χ3n) is 1.71. The summed E-state index contributed by atoms with van der Waals surface area (Å²) in [4.78, 5) is 4.15. The number of hydrogen-bond donors (Lipinski definition) is 0. The van der Waals surface area contributed by atoms with Crippen molar-refractivity contribution in [2.75, 3.05) is 5.33 Å². The lowest BCUT2D eigenvalue weighted by atomic mass is 10.3. The molecule has 3 heteroatoms. The predicted octanol–water partition coefficient (Wildman–Crippen LogP) is 2.37. The summed E-state index contributed by atoms with van der Waals surface area (Å²) in [5.74, 6) is 1.11. The zero-order valence-corrected chi connectivity index (χ0v) is 8.34. The Labute approximate surface area is 75.8 Å². The number of alkyl halides is 1. The van der Waals surface area contributed by atoms with Gasteiger partial charge in [0, 0.05) is 24.3 Å². The van der Waals surface area contributed by atoms with Gasteiger partial charge in [-0.25, -0.2) is 4.98 Å². The first-order chi connectivity index (χ1) is 5.34. The van der Waals surface area contributed by atoms with Gasteiger partial charge in [-0.2, -0.15) is 0 Å². The molecule has 62 valence electrons. The minimum absolute atomic E-state index is 1.09. The first-order valence-corrected chi connectivity index (χ1v) is 5.00. The molecule has 0 unspecified atom stereocenters. The van der Waals surface area contributed by atoms with Crippen molar-refractivity contribution < 1.29 is 0 Å². The van der Waals surface area contributed by atoms with Gasteiger partial charge in [-0.15, -0.1) is 0 Å². The zero-order valence-electron chi connectivity index (χ0n) is 6.76. The highest BCUT2D eigenvalue weighted by Crippen LogP contribution is 2.00. The second-order valence-electron chi connectivity index (χ2n) is 2.56. The number of aryl methyl sites for hydroxylation is 2. The fourth-order valence-electron chi connectivity index (χ4n) is 1.02. The van der Waals surface area contributed by atoms with Gasteiger partial charge in [-0.05, 0) is 19.8 Å². The van der Waals surface area contributed by atoms with E-state index in [9.17, 15) is 0 Å². The van der Waals surface area contributed by atoms with Gasteiger partial charge in [0.05, 0.1) is 0 Å². The summed E-state index contributed by atoms with van der Waals surface area (Å²) >= 11 is 3.41.